The molecule has 0 radical (unpaired) electrons. The Kier molecular flexibility index (Phi) is 7.29. The van der Waals surface area contributed by atoms with E-state index in [0.717, 1.165) is 5.56 Å². The maximum absolute atomic E-state index is 12.7. The molecule has 6 nitrogen and oxygen atoms in total. The normalized spacial score (nSPS) is 11.8. The minimum Gasteiger partial charge on any atom is -0.493 e. The molecule has 0 saturated carbocycles. The Morgan fingerprint density at radius 3 is 2.25 bits per heavy atom. The Morgan fingerprint density at radius 1 is 1.11 bits per heavy atom. The van der Waals surface area contributed by atoms with Gasteiger partial charge in [-0.25, -0.2) is 0 Å². The maximum Gasteiger partial charge on any atom is 0.255 e. The average Bonchev–Trinajstić information content (AvgIpc) is 2.66. The Balaban J connectivity index is 2.16. The highest BCUT2D eigenvalue weighted by Crippen LogP contribution is 2.36. The molecule has 0 aliphatic rings. The third kappa shape index (κ3) is 5.39. The zero-order valence-corrected chi connectivity index (χ0v) is 17.2. The number of carbonyl (C=O) groups is 2. The topological polar surface area (TPSA) is 90.7 Å². The number of primary amides is 1. The number of hydrogen-bond acceptors (Lipinski definition) is 4. The lowest BCUT2D eigenvalue weighted by molar-refractivity contribution is -0.119. The fourth-order valence-corrected chi connectivity index (χ4v) is 2.93. The van der Waals surface area contributed by atoms with E-state index >= 15 is 0 Å². The van der Waals surface area contributed by atoms with Gasteiger partial charge in [-0.2, -0.15) is 0 Å². The van der Waals surface area contributed by atoms with Crippen LogP contribution in [0.5, 0.6) is 11.5 Å². The summed E-state index contributed by atoms with van der Waals surface area (Å²) in [5.41, 5.74) is 7.64. The maximum atomic E-state index is 12.7. The molecule has 1 unspecified atom stereocenters. The number of hydrogen-bond donors (Lipinski definition) is 2. The lowest BCUT2D eigenvalue weighted by atomic mass is 9.99. The first-order valence-corrected chi connectivity index (χ1v) is 9.30. The van der Waals surface area contributed by atoms with Gasteiger partial charge in [0.2, 0.25) is 0 Å². The summed E-state index contributed by atoms with van der Waals surface area (Å²) >= 11 is 6.20. The molecule has 0 heterocycles. The number of benzene rings is 2. The van der Waals surface area contributed by atoms with Crippen molar-refractivity contribution < 1.29 is 19.1 Å². The van der Waals surface area contributed by atoms with Crippen molar-refractivity contribution in [3.8, 4) is 11.5 Å². The molecule has 0 bridgehead atoms. The van der Waals surface area contributed by atoms with Crippen molar-refractivity contribution in [3.63, 3.8) is 0 Å². The van der Waals surface area contributed by atoms with Gasteiger partial charge in [-0.1, -0.05) is 49.7 Å². The van der Waals surface area contributed by atoms with Gasteiger partial charge in [0.05, 0.1) is 18.2 Å². The van der Waals surface area contributed by atoms with Crippen LogP contribution in [0, 0.1) is 0 Å². The number of carbonyl (C=O) groups excluding carboxylic acids is 2. The zero-order chi connectivity index (χ0) is 20.8. The Labute approximate surface area is 170 Å². The molecule has 2 rings (SSSR count). The summed E-state index contributed by atoms with van der Waals surface area (Å²) in [4.78, 5) is 23.6. The lowest BCUT2D eigenvalue weighted by Gasteiger charge is -2.17. The minimum absolute atomic E-state index is 0.152. The van der Waals surface area contributed by atoms with Crippen LogP contribution < -0.4 is 20.5 Å². The number of nitrogens with one attached hydrogen (secondary N) is 1. The summed E-state index contributed by atoms with van der Waals surface area (Å²) in [5.74, 6) is -0.0899. The van der Waals surface area contributed by atoms with Gasteiger partial charge in [0.1, 0.15) is 0 Å². The van der Waals surface area contributed by atoms with Crippen molar-refractivity contribution >= 4 is 23.4 Å². The van der Waals surface area contributed by atoms with Crippen LogP contribution in [0.4, 0.5) is 0 Å². The molecule has 0 aliphatic carbocycles. The molecule has 7 heteroatoms. The zero-order valence-electron chi connectivity index (χ0n) is 16.4. The second kappa shape index (κ2) is 9.46. The predicted octanol–water partition coefficient (Wildman–Crippen LogP) is 3.83. The minimum atomic E-state index is -0.641. The molecule has 3 N–H and O–H groups in total. The van der Waals surface area contributed by atoms with Gasteiger partial charge in [0, 0.05) is 5.56 Å². The van der Waals surface area contributed by atoms with Gasteiger partial charge in [-0.05, 0) is 36.1 Å². The first kappa shape index (κ1) is 21.6. The van der Waals surface area contributed by atoms with E-state index in [4.69, 9.17) is 26.8 Å². The van der Waals surface area contributed by atoms with E-state index < -0.39 is 5.91 Å². The standard InChI is InChI=1S/C21H25ClN2O4/c1-12(2)14-5-7-15(8-6-14)13(3)24-21(26)16-9-17(22)20(18(10-16)27-4)28-11-19(23)25/h5-10,12-13H,11H2,1-4H3,(H2,23,25)(H,24,26). The van der Waals surface area contributed by atoms with Crippen molar-refractivity contribution in [1.29, 1.82) is 0 Å². The summed E-state index contributed by atoms with van der Waals surface area (Å²) in [6, 6.07) is 10.9. The monoisotopic (exact) mass is 404 g/mol. The first-order chi connectivity index (χ1) is 13.2. The van der Waals surface area contributed by atoms with Gasteiger partial charge < -0.3 is 20.5 Å². The third-order valence-electron chi connectivity index (χ3n) is 4.30. The van der Waals surface area contributed by atoms with Gasteiger partial charge in [-0.15, -0.1) is 0 Å². The Bertz CT molecular complexity index is 850. The van der Waals surface area contributed by atoms with Crippen molar-refractivity contribution in [2.45, 2.75) is 32.7 Å². The van der Waals surface area contributed by atoms with Crippen LogP contribution in [-0.2, 0) is 4.79 Å². The Hall–Kier alpha value is -2.73. The molecule has 2 aromatic carbocycles. The van der Waals surface area contributed by atoms with E-state index in [-0.39, 0.29) is 35.1 Å². The number of nitrogens with two attached hydrogens (primary N) is 1. The molecular formula is C21H25ClN2O4. The van der Waals surface area contributed by atoms with E-state index in [9.17, 15) is 9.59 Å². The third-order valence-corrected chi connectivity index (χ3v) is 4.58. The van der Waals surface area contributed by atoms with Gasteiger partial charge >= 0.3 is 0 Å². The molecule has 28 heavy (non-hydrogen) atoms. The van der Waals surface area contributed by atoms with E-state index in [1.165, 1.54) is 24.8 Å². The van der Waals surface area contributed by atoms with Crippen LogP contribution in [0.15, 0.2) is 36.4 Å². The number of amides is 2. The van der Waals surface area contributed by atoms with Crippen molar-refractivity contribution in [1.82, 2.24) is 5.32 Å². The van der Waals surface area contributed by atoms with Gasteiger partial charge in [0.15, 0.2) is 18.1 Å². The number of ether oxygens (including phenoxy) is 2. The highest BCUT2D eigenvalue weighted by atomic mass is 35.5. The first-order valence-electron chi connectivity index (χ1n) is 8.92. The van der Waals surface area contributed by atoms with Crippen molar-refractivity contribution in [2.24, 2.45) is 5.73 Å². The van der Waals surface area contributed by atoms with E-state index in [2.05, 4.69) is 31.3 Å². The van der Waals surface area contributed by atoms with E-state index in [0.29, 0.717) is 11.5 Å². The number of halogens is 1. The van der Waals surface area contributed by atoms with Crippen molar-refractivity contribution in [2.75, 3.05) is 13.7 Å². The fourth-order valence-electron chi connectivity index (χ4n) is 2.67. The second-order valence-corrected chi connectivity index (χ2v) is 7.17. The predicted molar refractivity (Wildman–Crippen MR) is 109 cm³/mol. The number of rotatable bonds is 8. The highest BCUT2D eigenvalue weighted by Gasteiger charge is 2.18. The molecule has 150 valence electrons. The van der Waals surface area contributed by atoms with Crippen LogP contribution in [0.1, 0.15) is 54.2 Å². The molecule has 0 fully saturated rings. The van der Waals surface area contributed by atoms with Crippen molar-refractivity contribution in [3.05, 3.63) is 58.1 Å². The molecule has 0 aromatic heterocycles. The van der Waals surface area contributed by atoms with Crippen LogP contribution >= 0.6 is 11.6 Å². The summed E-state index contributed by atoms with van der Waals surface area (Å²) in [6.45, 7) is 5.83. The van der Waals surface area contributed by atoms with Crippen LogP contribution in [0.25, 0.3) is 0 Å². The quantitative estimate of drug-likeness (QED) is 0.699. The van der Waals surface area contributed by atoms with Crippen LogP contribution in [0.3, 0.4) is 0 Å². The average molecular weight is 405 g/mol. The molecule has 0 aliphatic heterocycles. The molecule has 2 aromatic rings. The highest BCUT2D eigenvalue weighted by molar-refractivity contribution is 6.32. The van der Waals surface area contributed by atoms with E-state index in [1.54, 1.807) is 0 Å². The summed E-state index contributed by atoms with van der Waals surface area (Å²) in [6.07, 6.45) is 0. The van der Waals surface area contributed by atoms with Gasteiger partial charge in [0.25, 0.3) is 11.8 Å². The molecular weight excluding hydrogens is 380 g/mol. The van der Waals surface area contributed by atoms with Gasteiger partial charge in [-0.3, -0.25) is 9.59 Å². The molecule has 0 saturated heterocycles. The molecule has 0 spiro atoms. The molecule has 1 atom stereocenters. The second-order valence-electron chi connectivity index (χ2n) is 6.76. The van der Waals surface area contributed by atoms with Crippen LogP contribution in [-0.4, -0.2) is 25.5 Å². The van der Waals surface area contributed by atoms with Crippen LogP contribution in [0.2, 0.25) is 5.02 Å². The Morgan fingerprint density at radius 2 is 1.71 bits per heavy atom. The summed E-state index contributed by atoms with van der Waals surface area (Å²) in [7, 11) is 1.42. The molecule has 2 amide bonds. The fraction of sp³-hybridized carbons (Fsp3) is 0.333. The lowest BCUT2D eigenvalue weighted by Crippen LogP contribution is -2.26. The number of methoxy groups -OCH3 is 1. The van der Waals surface area contributed by atoms with E-state index in [1.807, 2.05) is 19.1 Å². The smallest absolute Gasteiger partial charge is 0.255 e. The summed E-state index contributed by atoms with van der Waals surface area (Å²) in [5, 5.41) is 3.09. The summed E-state index contributed by atoms with van der Waals surface area (Å²) < 4.78 is 10.5. The largest absolute Gasteiger partial charge is 0.493 e. The SMILES string of the molecule is COc1cc(C(=O)NC(C)c2ccc(C(C)C)cc2)cc(Cl)c1OCC(N)=O.